The van der Waals surface area contributed by atoms with Gasteiger partial charge in [0.25, 0.3) is 6.36 Å². The van der Waals surface area contributed by atoms with Crippen LogP contribution in [0.1, 0.15) is 26.7 Å². The summed E-state index contributed by atoms with van der Waals surface area (Å²) in [6.45, 7) is 3.58. The highest BCUT2D eigenvalue weighted by Crippen LogP contribution is 2.05. The molecule has 0 radical (unpaired) electrons. The van der Waals surface area contributed by atoms with Crippen LogP contribution in [0.4, 0.5) is 4.39 Å². The van der Waals surface area contributed by atoms with Crippen molar-refractivity contribution in [1.29, 1.82) is 0 Å². The Hall–Kier alpha value is -0.640. The Balaban J connectivity index is 3.56. The summed E-state index contributed by atoms with van der Waals surface area (Å²) in [7, 11) is 0. The third-order valence-corrected chi connectivity index (χ3v) is 1.24. The average Bonchev–Trinajstić information content (AvgIpc) is 1.87. The van der Waals surface area contributed by atoms with Crippen LogP contribution in [0, 0.1) is 0 Å². The van der Waals surface area contributed by atoms with Gasteiger partial charge >= 0.3 is 5.97 Å². The molecule has 1 N–H and O–H groups in total. The second kappa shape index (κ2) is 5.07. The van der Waals surface area contributed by atoms with E-state index in [-0.39, 0.29) is 6.10 Å². The first-order valence-corrected chi connectivity index (χ1v) is 3.60. The Morgan fingerprint density at radius 3 is 2.64 bits per heavy atom. The van der Waals surface area contributed by atoms with Crippen LogP contribution in [-0.4, -0.2) is 23.5 Å². The molecule has 2 unspecified atom stereocenters. The Bertz CT molecular complexity index is 127. The van der Waals surface area contributed by atoms with Crippen molar-refractivity contribution in [1.82, 2.24) is 0 Å². The van der Waals surface area contributed by atoms with Gasteiger partial charge in [-0.05, 0) is 13.3 Å². The van der Waals surface area contributed by atoms with Gasteiger partial charge in [0, 0.05) is 0 Å². The van der Waals surface area contributed by atoms with Crippen molar-refractivity contribution in [3.8, 4) is 0 Å². The van der Waals surface area contributed by atoms with Crippen LogP contribution >= 0.6 is 0 Å². The SMILES string of the molecule is CCCC(C)OC(F)C(=O)O. The van der Waals surface area contributed by atoms with E-state index in [0.29, 0.717) is 6.42 Å². The number of hydrogen-bond donors (Lipinski definition) is 1. The molecule has 0 aromatic rings. The van der Waals surface area contributed by atoms with Gasteiger partial charge in [-0.25, -0.2) is 9.18 Å². The number of halogens is 1. The second-order valence-electron chi connectivity index (χ2n) is 2.39. The molecular formula is C7H13FO3. The summed E-state index contributed by atoms with van der Waals surface area (Å²) in [6, 6.07) is 0. The number of hydrogen-bond acceptors (Lipinski definition) is 2. The summed E-state index contributed by atoms with van der Waals surface area (Å²) in [4.78, 5) is 9.94. The lowest BCUT2D eigenvalue weighted by Gasteiger charge is -2.12. The molecule has 2 atom stereocenters. The first-order valence-electron chi connectivity index (χ1n) is 3.60. The van der Waals surface area contributed by atoms with Gasteiger partial charge in [-0.2, -0.15) is 0 Å². The molecule has 0 aliphatic carbocycles. The molecule has 0 bridgehead atoms. The minimum Gasteiger partial charge on any atom is -0.477 e. The minimum absolute atomic E-state index is 0.328. The molecule has 11 heavy (non-hydrogen) atoms. The fraction of sp³-hybridized carbons (Fsp3) is 0.857. The van der Waals surface area contributed by atoms with Crippen LogP contribution in [0.5, 0.6) is 0 Å². The zero-order valence-electron chi connectivity index (χ0n) is 6.71. The van der Waals surface area contributed by atoms with Crippen molar-refractivity contribution >= 4 is 5.97 Å². The Morgan fingerprint density at radius 1 is 1.73 bits per heavy atom. The molecule has 0 saturated heterocycles. The van der Waals surface area contributed by atoms with Crippen LogP contribution in [-0.2, 0) is 9.53 Å². The highest BCUT2D eigenvalue weighted by Gasteiger charge is 2.18. The molecule has 3 nitrogen and oxygen atoms in total. The van der Waals surface area contributed by atoms with Gasteiger partial charge in [0.2, 0.25) is 0 Å². The van der Waals surface area contributed by atoms with Crippen LogP contribution in [0.25, 0.3) is 0 Å². The predicted molar refractivity (Wildman–Crippen MR) is 38.0 cm³/mol. The van der Waals surface area contributed by atoms with E-state index >= 15 is 0 Å². The number of ether oxygens (including phenoxy) is 1. The van der Waals surface area contributed by atoms with Crippen LogP contribution in [0.3, 0.4) is 0 Å². The molecule has 0 saturated carbocycles. The summed E-state index contributed by atoms with van der Waals surface area (Å²) in [5.74, 6) is -1.56. The fourth-order valence-corrected chi connectivity index (χ4v) is 0.737. The second-order valence-corrected chi connectivity index (χ2v) is 2.39. The number of carboxylic acid groups (broad SMARTS) is 1. The minimum atomic E-state index is -2.18. The summed E-state index contributed by atoms with van der Waals surface area (Å²) >= 11 is 0. The van der Waals surface area contributed by atoms with E-state index in [2.05, 4.69) is 4.74 Å². The fourth-order valence-electron chi connectivity index (χ4n) is 0.737. The maximum Gasteiger partial charge on any atom is 0.366 e. The largest absolute Gasteiger partial charge is 0.477 e. The summed E-state index contributed by atoms with van der Waals surface area (Å²) < 4.78 is 16.8. The van der Waals surface area contributed by atoms with Crippen LogP contribution in [0.15, 0.2) is 0 Å². The lowest BCUT2D eigenvalue weighted by molar-refractivity contribution is -0.169. The van der Waals surface area contributed by atoms with E-state index in [1.165, 1.54) is 0 Å². The molecule has 0 aromatic carbocycles. The van der Waals surface area contributed by atoms with E-state index in [9.17, 15) is 9.18 Å². The topological polar surface area (TPSA) is 46.5 Å². The quantitative estimate of drug-likeness (QED) is 0.670. The Kier molecular flexibility index (Phi) is 4.77. The highest BCUT2D eigenvalue weighted by atomic mass is 19.1. The maximum absolute atomic E-state index is 12.3. The standard InChI is InChI=1S/C7H13FO3/c1-3-4-5(2)11-6(8)7(9)10/h5-6H,3-4H2,1-2H3,(H,9,10). The first kappa shape index (κ1) is 10.4. The molecule has 0 heterocycles. The van der Waals surface area contributed by atoms with Crippen LogP contribution < -0.4 is 0 Å². The van der Waals surface area contributed by atoms with Gasteiger partial charge < -0.3 is 9.84 Å². The molecule has 0 amide bonds. The Labute approximate surface area is 65.2 Å². The number of aliphatic carboxylic acids is 1. The van der Waals surface area contributed by atoms with Gasteiger partial charge in [-0.15, -0.1) is 0 Å². The number of alkyl halides is 1. The van der Waals surface area contributed by atoms with E-state index in [0.717, 1.165) is 6.42 Å². The van der Waals surface area contributed by atoms with Gasteiger partial charge in [0.15, 0.2) is 0 Å². The number of carboxylic acids is 1. The van der Waals surface area contributed by atoms with E-state index in [1.807, 2.05) is 6.92 Å². The number of rotatable bonds is 5. The van der Waals surface area contributed by atoms with Gasteiger partial charge in [0.05, 0.1) is 6.10 Å². The van der Waals surface area contributed by atoms with Crippen molar-refractivity contribution in [3.05, 3.63) is 0 Å². The molecule has 0 spiro atoms. The van der Waals surface area contributed by atoms with Crippen molar-refractivity contribution in [2.75, 3.05) is 0 Å². The molecule has 0 rings (SSSR count). The van der Waals surface area contributed by atoms with E-state index < -0.39 is 12.3 Å². The zero-order valence-corrected chi connectivity index (χ0v) is 6.71. The Morgan fingerprint density at radius 2 is 2.27 bits per heavy atom. The molecule has 0 aromatic heterocycles. The smallest absolute Gasteiger partial charge is 0.366 e. The molecule has 0 aliphatic heterocycles. The third-order valence-electron chi connectivity index (χ3n) is 1.24. The van der Waals surface area contributed by atoms with Crippen molar-refractivity contribution in [2.24, 2.45) is 0 Å². The normalized spacial score (nSPS) is 15.9. The van der Waals surface area contributed by atoms with Gasteiger partial charge in [0.1, 0.15) is 0 Å². The van der Waals surface area contributed by atoms with Crippen molar-refractivity contribution in [2.45, 2.75) is 39.2 Å². The molecule has 4 heteroatoms. The third kappa shape index (κ3) is 4.72. The van der Waals surface area contributed by atoms with E-state index in [1.54, 1.807) is 6.92 Å². The molecular weight excluding hydrogens is 151 g/mol. The summed E-state index contributed by atoms with van der Waals surface area (Å²) in [6.07, 6.45) is -0.982. The maximum atomic E-state index is 12.3. The first-order chi connectivity index (χ1) is 5.07. The molecule has 0 fully saturated rings. The predicted octanol–water partition coefficient (Wildman–Crippen LogP) is 1.57. The molecule has 66 valence electrons. The monoisotopic (exact) mass is 164 g/mol. The highest BCUT2D eigenvalue weighted by molar-refractivity contribution is 5.70. The van der Waals surface area contributed by atoms with Crippen molar-refractivity contribution in [3.63, 3.8) is 0 Å². The van der Waals surface area contributed by atoms with Crippen molar-refractivity contribution < 1.29 is 19.0 Å². The molecule has 0 aliphatic rings. The van der Waals surface area contributed by atoms with Gasteiger partial charge in [-0.1, -0.05) is 13.3 Å². The van der Waals surface area contributed by atoms with Crippen LogP contribution in [0.2, 0.25) is 0 Å². The average molecular weight is 164 g/mol. The lowest BCUT2D eigenvalue weighted by Crippen LogP contribution is -2.23. The van der Waals surface area contributed by atoms with E-state index in [4.69, 9.17) is 5.11 Å². The number of carbonyl (C=O) groups is 1. The summed E-state index contributed by atoms with van der Waals surface area (Å²) in [5, 5.41) is 8.10. The zero-order chi connectivity index (χ0) is 8.85. The lowest BCUT2D eigenvalue weighted by atomic mass is 10.2. The summed E-state index contributed by atoms with van der Waals surface area (Å²) in [5.41, 5.74) is 0. The van der Waals surface area contributed by atoms with Gasteiger partial charge in [-0.3, -0.25) is 0 Å².